The highest BCUT2D eigenvalue weighted by atomic mass is 16.6. The van der Waals surface area contributed by atoms with E-state index in [0.717, 1.165) is 51.6 Å². The van der Waals surface area contributed by atoms with Crippen LogP contribution in [-0.4, -0.2) is 53.7 Å². The lowest BCUT2D eigenvalue weighted by molar-refractivity contribution is -0.123. The first kappa shape index (κ1) is 19.5. The molecule has 1 aliphatic carbocycles. The van der Waals surface area contributed by atoms with Crippen molar-refractivity contribution < 1.29 is 14.3 Å². The summed E-state index contributed by atoms with van der Waals surface area (Å²) in [6.45, 7) is 7.31. The molecule has 1 saturated heterocycles. The van der Waals surface area contributed by atoms with Crippen molar-refractivity contribution in [1.82, 2.24) is 15.5 Å². The molecule has 0 unspecified atom stereocenters. The molecule has 0 aromatic carbocycles. The molecule has 0 atom stereocenters. The molecule has 1 heterocycles. The Bertz CT molecular complexity index is 521. The van der Waals surface area contributed by atoms with Crippen molar-refractivity contribution in [2.45, 2.75) is 76.5 Å². The van der Waals surface area contributed by atoms with Crippen LogP contribution in [0.25, 0.3) is 0 Å². The molecular formula is C18H30N4O3. The Morgan fingerprint density at radius 3 is 2.36 bits per heavy atom. The van der Waals surface area contributed by atoms with E-state index in [4.69, 9.17) is 4.74 Å². The number of carbonyl (C=O) groups is 2. The average Bonchev–Trinajstić information content (AvgIpc) is 2.96. The van der Waals surface area contributed by atoms with E-state index >= 15 is 0 Å². The van der Waals surface area contributed by atoms with Crippen molar-refractivity contribution in [3.05, 3.63) is 0 Å². The molecule has 1 saturated carbocycles. The fourth-order valence-electron chi connectivity index (χ4n) is 3.46. The highest BCUT2D eigenvalue weighted by Gasteiger charge is 2.35. The van der Waals surface area contributed by atoms with Gasteiger partial charge in [-0.05, 0) is 59.3 Å². The normalized spacial score (nSPS) is 21.4. The first-order chi connectivity index (χ1) is 11.7. The van der Waals surface area contributed by atoms with Gasteiger partial charge < -0.3 is 15.4 Å². The minimum absolute atomic E-state index is 0.0782. The summed E-state index contributed by atoms with van der Waals surface area (Å²) in [6, 6.07) is 2.36. The highest BCUT2D eigenvalue weighted by molar-refractivity contribution is 5.79. The molecule has 2 N–H and O–H groups in total. The van der Waals surface area contributed by atoms with E-state index in [-0.39, 0.29) is 18.0 Å². The lowest BCUT2D eigenvalue weighted by Crippen LogP contribution is -2.51. The van der Waals surface area contributed by atoms with E-state index < -0.39 is 11.1 Å². The Kier molecular flexibility index (Phi) is 6.28. The molecule has 2 rings (SSSR count). The van der Waals surface area contributed by atoms with E-state index in [2.05, 4.69) is 21.6 Å². The van der Waals surface area contributed by atoms with Gasteiger partial charge in [0.15, 0.2) is 0 Å². The lowest BCUT2D eigenvalue weighted by atomic mass is 10.00. The summed E-state index contributed by atoms with van der Waals surface area (Å²) in [4.78, 5) is 26.1. The predicted molar refractivity (Wildman–Crippen MR) is 93.8 cm³/mol. The van der Waals surface area contributed by atoms with Crippen LogP contribution in [0.1, 0.15) is 59.3 Å². The Labute approximate surface area is 150 Å². The van der Waals surface area contributed by atoms with Gasteiger partial charge in [-0.3, -0.25) is 9.69 Å². The number of alkyl carbamates (subject to hydrolysis) is 1. The molecule has 0 aromatic heterocycles. The number of likely N-dealkylation sites (tertiary alicyclic amines) is 1. The van der Waals surface area contributed by atoms with Crippen LogP contribution in [0.5, 0.6) is 0 Å². The van der Waals surface area contributed by atoms with Crippen molar-refractivity contribution >= 4 is 12.0 Å². The number of hydrogen-bond donors (Lipinski definition) is 2. The summed E-state index contributed by atoms with van der Waals surface area (Å²) in [6.07, 6.45) is 4.67. The number of carbonyl (C=O) groups excluding carboxylic acids is 2. The van der Waals surface area contributed by atoms with Crippen molar-refractivity contribution in [1.29, 1.82) is 5.26 Å². The number of hydrogen-bond acceptors (Lipinski definition) is 5. The van der Waals surface area contributed by atoms with Crippen molar-refractivity contribution in [2.24, 2.45) is 0 Å². The highest BCUT2D eigenvalue weighted by Crippen LogP contribution is 2.28. The van der Waals surface area contributed by atoms with Gasteiger partial charge in [0.1, 0.15) is 11.1 Å². The molecule has 7 heteroatoms. The third kappa shape index (κ3) is 6.20. The predicted octanol–water partition coefficient (Wildman–Crippen LogP) is 1.93. The topological polar surface area (TPSA) is 94.5 Å². The van der Waals surface area contributed by atoms with Crippen LogP contribution in [0.15, 0.2) is 0 Å². The maximum absolute atomic E-state index is 12.3. The SMILES string of the molecule is CC(C)(C)OC(=O)NC1CCN(CC(=O)NC2(C#N)CCCC2)CC1. The van der Waals surface area contributed by atoms with E-state index in [9.17, 15) is 14.9 Å². The largest absolute Gasteiger partial charge is 0.444 e. The van der Waals surface area contributed by atoms with Crippen LogP contribution < -0.4 is 10.6 Å². The monoisotopic (exact) mass is 350 g/mol. The van der Waals surface area contributed by atoms with Crippen molar-refractivity contribution in [3.63, 3.8) is 0 Å². The van der Waals surface area contributed by atoms with Crippen molar-refractivity contribution in [3.8, 4) is 6.07 Å². The molecule has 140 valence electrons. The quantitative estimate of drug-likeness (QED) is 0.808. The smallest absolute Gasteiger partial charge is 0.407 e. The van der Waals surface area contributed by atoms with E-state index in [1.165, 1.54) is 0 Å². The minimum atomic E-state index is -0.659. The van der Waals surface area contributed by atoms with Crippen LogP contribution >= 0.6 is 0 Å². The van der Waals surface area contributed by atoms with Crippen LogP contribution in [0.4, 0.5) is 4.79 Å². The number of nitriles is 1. The summed E-state index contributed by atoms with van der Waals surface area (Å²) >= 11 is 0. The number of amides is 2. The summed E-state index contributed by atoms with van der Waals surface area (Å²) in [5.74, 6) is -0.0815. The first-order valence-corrected chi connectivity index (χ1v) is 9.15. The Balaban J connectivity index is 1.71. The Morgan fingerprint density at radius 2 is 1.84 bits per heavy atom. The van der Waals surface area contributed by atoms with Gasteiger partial charge in [-0.25, -0.2) is 4.79 Å². The molecule has 7 nitrogen and oxygen atoms in total. The zero-order chi connectivity index (χ0) is 18.5. The van der Waals surface area contributed by atoms with Gasteiger partial charge in [0, 0.05) is 19.1 Å². The van der Waals surface area contributed by atoms with E-state index in [1.54, 1.807) is 0 Å². The number of piperidine rings is 1. The van der Waals surface area contributed by atoms with Crippen LogP contribution in [0, 0.1) is 11.3 Å². The van der Waals surface area contributed by atoms with Gasteiger partial charge in [0.05, 0.1) is 12.6 Å². The molecule has 0 bridgehead atoms. The summed E-state index contributed by atoms with van der Waals surface area (Å²) in [5, 5.41) is 15.2. The number of ether oxygens (including phenoxy) is 1. The second-order valence-electron chi connectivity index (χ2n) is 8.15. The average molecular weight is 350 g/mol. The summed E-state index contributed by atoms with van der Waals surface area (Å²) in [7, 11) is 0. The molecule has 2 aliphatic rings. The molecular weight excluding hydrogens is 320 g/mol. The molecule has 2 fully saturated rings. The standard InChI is InChI=1S/C18H30N4O3/c1-17(2,3)25-16(24)20-14-6-10-22(11-7-14)12-15(23)21-18(13-19)8-4-5-9-18/h14H,4-12H2,1-3H3,(H,20,24)(H,21,23). The molecule has 0 radical (unpaired) electrons. The minimum Gasteiger partial charge on any atom is -0.444 e. The van der Waals surface area contributed by atoms with Gasteiger partial charge in [-0.2, -0.15) is 5.26 Å². The summed E-state index contributed by atoms with van der Waals surface area (Å²) < 4.78 is 5.27. The molecule has 1 aliphatic heterocycles. The van der Waals surface area contributed by atoms with E-state index in [0.29, 0.717) is 6.54 Å². The number of nitrogens with one attached hydrogen (secondary N) is 2. The number of nitrogens with zero attached hydrogens (tertiary/aromatic N) is 2. The third-order valence-electron chi connectivity index (χ3n) is 4.73. The fourth-order valence-corrected chi connectivity index (χ4v) is 3.46. The lowest BCUT2D eigenvalue weighted by Gasteiger charge is -2.33. The molecule has 2 amide bonds. The van der Waals surface area contributed by atoms with E-state index in [1.807, 2.05) is 20.8 Å². The van der Waals surface area contributed by atoms with Gasteiger partial charge in [-0.15, -0.1) is 0 Å². The zero-order valence-electron chi connectivity index (χ0n) is 15.6. The Morgan fingerprint density at radius 1 is 1.24 bits per heavy atom. The fraction of sp³-hybridized carbons (Fsp3) is 0.833. The van der Waals surface area contributed by atoms with Gasteiger partial charge in [-0.1, -0.05) is 0 Å². The maximum Gasteiger partial charge on any atom is 0.407 e. The second-order valence-corrected chi connectivity index (χ2v) is 8.15. The van der Waals surface area contributed by atoms with Gasteiger partial charge in [0.2, 0.25) is 5.91 Å². The van der Waals surface area contributed by atoms with Crippen LogP contribution in [0.3, 0.4) is 0 Å². The van der Waals surface area contributed by atoms with Crippen LogP contribution in [-0.2, 0) is 9.53 Å². The third-order valence-corrected chi connectivity index (χ3v) is 4.73. The molecule has 0 spiro atoms. The molecule has 25 heavy (non-hydrogen) atoms. The van der Waals surface area contributed by atoms with Crippen LogP contribution in [0.2, 0.25) is 0 Å². The molecule has 0 aromatic rings. The zero-order valence-corrected chi connectivity index (χ0v) is 15.6. The first-order valence-electron chi connectivity index (χ1n) is 9.15. The summed E-state index contributed by atoms with van der Waals surface area (Å²) in [5.41, 5.74) is -1.16. The number of rotatable bonds is 4. The van der Waals surface area contributed by atoms with Crippen molar-refractivity contribution in [2.75, 3.05) is 19.6 Å². The van der Waals surface area contributed by atoms with Gasteiger partial charge in [0.25, 0.3) is 0 Å². The Hall–Kier alpha value is -1.81. The maximum atomic E-state index is 12.3. The van der Waals surface area contributed by atoms with Gasteiger partial charge >= 0.3 is 6.09 Å². The second kappa shape index (κ2) is 8.05.